The number of carbonyl (C=O) groups is 1. The maximum atomic E-state index is 12.8. The molecular formula is C22H30N4O2. The predicted molar refractivity (Wildman–Crippen MR) is 110 cm³/mol. The van der Waals surface area contributed by atoms with Crippen LogP contribution in [0.2, 0.25) is 0 Å². The Morgan fingerprint density at radius 2 is 2.07 bits per heavy atom. The lowest BCUT2D eigenvalue weighted by Crippen LogP contribution is -2.48. The van der Waals surface area contributed by atoms with Gasteiger partial charge in [-0.15, -0.1) is 0 Å². The van der Waals surface area contributed by atoms with Gasteiger partial charge in [0.15, 0.2) is 0 Å². The highest BCUT2D eigenvalue weighted by atomic mass is 16.2. The highest BCUT2D eigenvalue weighted by Crippen LogP contribution is 2.49. The summed E-state index contributed by atoms with van der Waals surface area (Å²) in [6.07, 6.45) is 5.31. The van der Waals surface area contributed by atoms with E-state index in [1.54, 1.807) is 6.07 Å². The third-order valence-electron chi connectivity index (χ3n) is 6.91. The summed E-state index contributed by atoms with van der Waals surface area (Å²) < 4.78 is 0. The van der Waals surface area contributed by atoms with Gasteiger partial charge in [-0.05, 0) is 70.0 Å². The third kappa shape index (κ3) is 3.70. The molecule has 2 aliphatic carbocycles. The molecule has 2 fully saturated rings. The molecule has 0 aliphatic heterocycles. The molecule has 28 heavy (non-hydrogen) atoms. The Kier molecular flexibility index (Phi) is 5.23. The molecule has 6 heteroatoms. The minimum atomic E-state index is -0.294. The van der Waals surface area contributed by atoms with Crippen LogP contribution in [0.4, 0.5) is 0 Å². The number of aromatic amines is 1. The van der Waals surface area contributed by atoms with E-state index in [4.69, 9.17) is 0 Å². The molecule has 1 aromatic heterocycles. The van der Waals surface area contributed by atoms with Gasteiger partial charge < -0.3 is 10.3 Å². The Hall–Kier alpha value is -2.21. The van der Waals surface area contributed by atoms with Crippen LogP contribution in [0.25, 0.3) is 10.9 Å². The Labute approximate surface area is 165 Å². The van der Waals surface area contributed by atoms with Crippen molar-refractivity contribution in [1.82, 2.24) is 20.2 Å². The minimum absolute atomic E-state index is 0.0425. The van der Waals surface area contributed by atoms with Crippen LogP contribution in [-0.4, -0.2) is 39.9 Å². The molecule has 5 atom stereocenters. The molecular weight excluding hydrogens is 352 g/mol. The fourth-order valence-corrected chi connectivity index (χ4v) is 5.14. The molecule has 150 valence electrons. The molecule has 2 bridgehead atoms. The number of likely N-dealkylation sites (N-methyl/N-ethyl adjacent to an activating group) is 1. The first-order chi connectivity index (χ1) is 13.4. The molecule has 2 N–H and O–H groups in total. The zero-order chi connectivity index (χ0) is 19.8. The number of benzene rings is 1. The van der Waals surface area contributed by atoms with Crippen molar-refractivity contribution in [3.63, 3.8) is 0 Å². The number of hydrogen-bond acceptors (Lipinski definition) is 4. The average Bonchev–Trinajstić information content (AvgIpc) is 3.31. The van der Waals surface area contributed by atoms with Crippen LogP contribution in [0.15, 0.2) is 29.1 Å². The fourth-order valence-electron chi connectivity index (χ4n) is 5.14. The maximum absolute atomic E-state index is 12.8. The Balaban J connectivity index is 1.38. The number of amides is 1. The van der Waals surface area contributed by atoms with Gasteiger partial charge in [0.2, 0.25) is 5.91 Å². The molecule has 1 amide bonds. The first-order valence-corrected chi connectivity index (χ1v) is 10.4. The number of hydrogen-bond donors (Lipinski definition) is 2. The summed E-state index contributed by atoms with van der Waals surface area (Å²) in [5.74, 6) is 2.91. The summed E-state index contributed by atoms with van der Waals surface area (Å²) in [5.41, 5.74) is 0.535. The van der Waals surface area contributed by atoms with Gasteiger partial charge in [0.25, 0.3) is 5.56 Å². The van der Waals surface area contributed by atoms with Crippen molar-refractivity contribution in [1.29, 1.82) is 0 Å². The zero-order valence-corrected chi connectivity index (χ0v) is 16.9. The second kappa shape index (κ2) is 7.66. The van der Waals surface area contributed by atoms with Crippen LogP contribution in [0.1, 0.15) is 45.4 Å². The van der Waals surface area contributed by atoms with E-state index in [0.29, 0.717) is 29.2 Å². The number of fused-ring (bicyclic) bond motifs is 3. The lowest BCUT2D eigenvalue weighted by Gasteiger charge is -2.31. The molecule has 0 radical (unpaired) electrons. The number of nitrogens with one attached hydrogen (secondary N) is 2. The first-order valence-electron chi connectivity index (χ1n) is 10.4. The van der Waals surface area contributed by atoms with E-state index in [9.17, 15) is 9.59 Å². The number of rotatable bonds is 6. The smallest absolute Gasteiger partial charge is 0.258 e. The molecule has 2 aromatic rings. The molecule has 0 spiro atoms. The fraction of sp³-hybridized carbons (Fsp3) is 0.591. The van der Waals surface area contributed by atoms with Crippen molar-refractivity contribution < 1.29 is 4.79 Å². The monoisotopic (exact) mass is 382 g/mol. The van der Waals surface area contributed by atoms with Gasteiger partial charge in [0, 0.05) is 6.04 Å². The van der Waals surface area contributed by atoms with Gasteiger partial charge in [0.05, 0.1) is 23.5 Å². The molecule has 0 unspecified atom stereocenters. The number of para-hydroxylation sites is 1. The SMILES string of the molecule is C[C@H](NC(=O)[C@H](C)N(C)Cc1nc2ccccc2c(=O)[nH]1)[C@@H]1C[C@H]2CC[C@H]1C2. The summed E-state index contributed by atoms with van der Waals surface area (Å²) in [7, 11) is 1.89. The van der Waals surface area contributed by atoms with Crippen LogP contribution >= 0.6 is 0 Å². The Bertz CT molecular complexity index is 924. The molecule has 2 saturated carbocycles. The highest BCUT2D eigenvalue weighted by Gasteiger charge is 2.42. The van der Waals surface area contributed by atoms with Crippen molar-refractivity contribution in [2.75, 3.05) is 7.05 Å². The van der Waals surface area contributed by atoms with E-state index in [-0.39, 0.29) is 23.6 Å². The van der Waals surface area contributed by atoms with Crippen LogP contribution in [0, 0.1) is 17.8 Å². The molecule has 1 aromatic carbocycles. The summed E-state index contributed by atoms with van der Waals surface area (Å²) >= 11 is 0. The van der Waals surface area contributed by atoms with Crippen molar-refractivity contribution >= 4 is 16.8 Å². The summed E-state index contributed by atoms with van der Waals surface area (Å²) in [6, 6.07) is 7.22. The second-order valence-corrected chi connectivity index (χ2v) is 8.76. The van der Waals surface area contributed by atoms with Gasteiger partial charge in [-0.25, -0.2) is 4.98 Å². The van der Waals surface area contributed by atoms with E-state index in [1.165, 1.54) is 25.7 Å². The lowest BCUT2D eigenvalue weighted by molar-refractivity contribution is -0.126. The Morgan fingerprint density at radius 3 is 2.79 bits per heavy atom. The summed E-state index contributed by atoms with van der Waals surface area (Å²) in [5, 5.41) is 3.82. The quantitative estimate of drug-likeness (QED) is 0.805. The first kappa shape index (κ1) is 19.1. The predicted octanol–water partition coefficient (Wildman–Crippen LogP) is 2.68. The van der Waals surface area contributed by atoms with Gasteiger partial charge in [-0.2, -0.15) is 0 Å². The topological polar surface area (TPSA) is 78.1 Å². The number of aromatic nitrogens is 2. The van der Waals surface area contributed by atoms with Gasteiger partial charge >= 0.3 is 0 Å². The number of nitrogens with zero attached hydrogens (tertiary/aromatic N) is 2. The minimum Gasteiger partial charge on any atom is -0.352 e. The van der Waals surface area contributed by atoms with Gasteiger partial charge in [-0.1, -0.05) is 18.6 Å². The number of H-pyrrole nitrogens is 1. The van der Waals surface area contributed by atoms with E-state index < -0.39 is 0 Å². The van der Waals surface area contributed by atoms with Gasteiger partial charge in [0.1, 0.15) is 5.82 Å². The summed E-state index contributed by atoms with van der Waals surface area (Å²) in [4.78, 5) is 34.3. The van der Waals surface area contributed by atoms with Crippen molar-refractivity contribution in [3.8, 4) is 0 Å². The Morgan fingerprint density at radius 1 is 1.29 bits per heavy atom. The third-order valence-corrected chi connectivity index (χ3v) is 6.91. The molecule has 0 saturated heterocycles. The van der Waals surface area contributed by atoms with Crippen molar-refractivity contribution in [2.24, 2.45) is 17.8 Å². The largest absolute Gasteiger partial charge is 0.352 e. The standard InChI is InChI=1S/C22H30N4O2/c1-13(18-11-15-8-9-16(18)10-15)23-21(27)14(2)26(3)12-20-24-19-7-5-4-6-17(19)22(28)25-20/h4-7,13-16,18H,8-12H2,1-3H3,(H,23,27)(H,24,25,28)/t13-,14-,15-,16-,18-/m0/s1. The van der Waals surface area contributed by atoms with E-state index in [1.807, 2.05) is 37.1 Å². The number of carbonyl (C=O) groups excluding carboxylic acids is 1. The van der Waals surface area contributed by atoms with E-state index in [2.05, 4.69) is 22.2 Å². The van der Waals surface area contributed by atoms with E-state index in [0.717, 1.165) is 11.8 Å². The zero-order valence-electron chi connectivity index (χ0n) is 16.9. The average molecular weight is 383 g/mol. The van der Waals surface area contributed by atoms with Crippen molar-refractivity contribution in [3.05, 3.63) is 40.4 Å². The van der Waals surface area contributed by atoms with Crippen LogP contribution in [-0.2, 0) is 11.3 Å². The van der Waals surface area contributed by atoms with Crippen LogP contribution in [0.5, 0.6) is 0 Å². The lowest BCUT2D eigenvalue weighted by atomic mass is 9.84. The van der Waals surface area contributed by atoms with Crippen LogP contribution in [0.3, 0.4) is 0 Å². The molecule has 2 aliphatic rings. The maximum Gasteiger partial charge on any atom is 0.258 e. The molecule has 1 heterocycles. The second-order valence-electron chi connectivity index (χ2n) is 8.76. The van der Waals surface area contributed by atoms with Gasteiger partial charge in [-0.3, -0.25) is 14.5 Å². The molecule has 6 nitrogen and oxygen atoms in total. The highest BCUT2D eigenvalue weighted by molar-refractivity contribution is 5.81. The summed E-state index contributed by atoms with van der Waals surface area (Å²) in [6.45, 7) is 4.47. The van der Waals surface area contributed by atoms with E-state index >= 15 is 0 Å². The van der Waals surface area contributed by atoms with Crippen LogP contribution < -0.4 is 10.9 Å². The normalized spacial score (nSPS) is 25.9. The molecule has 4 rings (SSSR count). The van der Waals surface area contributed by atoms with Crippen molar-refractivity contribution in [2.45, 2.75) is 58.2 Å².